The summed E-state index contributed by atoms with van der Waals surface area (Å²) in [5, 5.41) is 22.5. The zero-order valence-electron chi connectivity index (χ0n) is 25.8. The molecule has 0 radical (unpaired) electrons. The van der Waals surface area contributed by atoms with Crippen molar-refractivity contribution in [3.63, 3.8) is 0 Å². The number of imide groups is 2. The van der Waals surface area contributed by atoms with Crippen LogP contribution in [0.4, 0.5) is 32.3 Å². The lowest BCUT2D eigenvalue weighted by molar-refractivity contribution is -0.385. The molecule has 2 aromatic rings. The fourth-order valence-corrected chi connectivity index (χ4v) is 5.51. The highest BCUT2D eigenvalue weighted by molar-refractivity contribution is 6.23. The maximum absolute atomic E-state index is 13.4. The summed E-state index contributed by atoms with van der Waals surface area (Å²) in [6, 6.07) is 6.41. The predicted octanol–water partition coefficient (Wildman–Crippen LogP) is 4.49. The van der Waals surface area contributed by atoms with Crippen molar-refractivity contribution >= 4 is 46.6 Å². The summed E-state index contributed by atoms with van der Waals surface area (Å²) in [6.07, 6.45) is 1.53. The van der Waals surface area contributed by atoms with Crippen molar-refractivity contribution in [2.24, 2.45) is 0 Å². The molecule has 0 aliphatic carbocycles. The molecule has 2 aromatic carbocycles. The van der Waals surface area contributed by atoms with E-state index in [0.29, 0.717) is 19.3 Å². The molecule has 0 bridgehead atoms. The second-order valence-electron chi connectivity index (χ2n) is 11.6. The van der Waals surface area contributed by atoms with Crippen LogP contribution in [0, 0.1) is 20.2 Å². The topological polar surface area (TPSA) is 186 Å². The number of carbonyl (C=O) groups excluding carboxylic acids is 4. The van der Waals surface area contributed by atoms with Crippen molar-refractivity contribution in [2.45, 2.75) is 58.0 Å². The maximum atomic E-state index is 13.4. The molecule has 2 heterocycles. The number of nitrogens with zero attached hydrogens (tertiary/aromatic N) is 6. The minimum atomic E-state index is -1.18. The number of urea groups is 2. The summed E-state index contributed by atoms with van der Waals surface area (Å²) in [5.41, 5.74) is -2.66. The van der Waals surface area contributed by atoms with Crippen LogP contribution in [0.25, 0.3) is 0 Å². The van der Waals surface area contributed by atoms with Gasteiger partial charge in [0.1, 0.15) is 11.1 Å². The van der Waals surface area contributed by atoms with Crippen LogP contribution < -0.4 is 19.3 Å². The van der Waals surface area contributed by atoms with Crippen LogP contribution in [0.2, 0.25) is 0 Å². The first-order chi connectivity index (χ1) is 21.1. The van der Waals surface area contributed by atoms with Gasteiger partial charge in [-0.3, -0.25) is 29.8 Å². The van der Waals surface area contributed by atoms with Gasteiger partial charge in [0.05, 0.1) is 35.4 Å². The Labute approximate surface area is 258 Å². The SMILES string of the molecule is COc1cc(N2C(=O)N(CCCCCN3C(=O)N(c4ccc([N+](=O)[O-])c(OC)c4)C(=O)C3(C)C)C(C)(C)C2=O)ccc1[N+](=O)[O-]. The Morgan fingerprint density at radius 3 is 1.31 bits per heavy atom. The molecule has 45 heavy (non-hydrogen) atoms. The predicted molar refractivity (Wildman–Crippen MR) is 160 cm³/mol. The first kappa shape index (κ1) is 32.6. The van der Waals surface area contributed by atoms with Crippen molar-refractivity contribution < 1.29 is 38.5 Å². The lowest BCUT2D eigenvalue weighted by Gasteiger charge is -2.29. The van der Waals surface area contributed by atoms with Gasteiger partial charge in [-0.15, -0.1) is 0 Å². The van der Waals surface area contributed by atoms with E-state index in [9.17, 15) is 39.4 Å². The Morgan fingerprint density at radius 1 is 0.644 bits per heavy atom. The summed E-state index contributed by atoms with van der Waals surface area (Å²) in [6.45, 7) is 6.93. The third kappa shape index (κ3) is 5.58. The van der Waals surface area contributed by atoms with Gasteiger partial charge in [-0.1, -0.05) is 0 Å². The van der Waals surface area contributed by atoms with Crippen LogP contribution in [0.3, 0.4) is 0 Å². The second-order valence-corrected chi connectivity index (χ2v) is 11.6. The van der Waals surface area contributed by atoms with Gasteiger partial charge >= 0.3 is 23.4 Å². The van der Waals surface area contributed by atoms with E-state index < -0.39 is 44.8 Å². The molecule has 0 atom stereocenters. The van der Waals surface area contributed by atoms with Crippen LogP contribution >= 0.6 is 0 Å². The highest BCUT2D eigenvalue weighted by Gasteiger charge is 2.53. The molecule has 0 unspecified atom stereocenters. The van der Waals surface area contributed by atoms with Crippen molar-refractivity contribution in [3.8, 4) is 11.5 Å². The van der Waals surface area contributed by atoms with Crippen molar-refractivity contribution in [1.82, 2.24) is 9.80 Å². The third-order valence-corrected chi connectivity index (χ3v) is 8.15. The largest absolute Gasteiger partial charge is 0.490 e. The molecule has 2 aliphatic heterocycles. The number of nitro benzene ring substituents is 2. The molecule has 2 saturated heterocycles. The van der Waals surface area contributed by atoms with Gasteiger partial charge in [-0.25, -0.2) is 19.4 Å². The first-order valence-corrected chi connectivity index (χ1v) is 14.1. The average Bonchev–Trinajstić information content (AvgIpc) is 3.27. The molecule has 2 fully saturated rings. The number of carbonyl (C=O) groups is 4. The van der Waals surface area contributed by atoms with E-state index >= 15 is 0 Å². The lowest BCUT2D eigenvalue weighted by Crippen LogP contribution is -2.45. The zero-order valence-corrected chi connectivity index (χ0v) is 25.8. The second kappa shape index (κ2) is 12.0. The van der Waals surface area contributed by atoms with Crippen molar-refractivity contribution in [2.75, 3.05) is 37.1 Å². The van der Waals surface area contributed by atoms with E-state index in [1.165, 1.54) is 60.4 Å². The van der Waals surface area contributed by atoms with E-state index in [1.807, 2.05) is 0 Å². The number of unbranched alkanes of at least 4 members (excludes halogenated alkanes) is 2. The van der Waals surface area contributed by atoms with Crippen molar-refractivity contribution in [1.29, 1.82) is 0 Å². The molecule has 4 rings (SSSR count). The lowest BCUT2D eigenvalue weighted by atomic mass is 10.0. The summed E-state index contributed by atoms with van der Waals surface area (Å²) in [4.78, 5) is 79.4. The number of methoxy groups -OCH3 is 2. The van der Waals surface area contributed by atoms with Gasteiger partial charge in [0, 0.05) is 37.4 Å². The Balaban J connectivity index is 1.40. The minimum Gasteiger partial charge on any atom is -0.490 e. The number of benzene rings is 2. The Bertz CT molecular complexity index is 1470. The first-order valence-electron chi connectivity index (χ1n) is 14.1. The smallest absolute Gasteiger partial charge is 0.332 e. The summed E-state index contributed by atoms with van der Waals surface area (Å²) >= 11 is 0. The highest BCUT2D eigenvalue weighted by Crippen LogP contribution is 2.38. The van der Waals surface area contributed by atoms with Crippen molar-refractivity contribution in [3.05, 3.63) is 56.6 Å². The quantitative estimate of drug-likeness (QED) is 0.141. The van der Waals surface area contributed by atoms with E-state index in [2.05, 4.69) is 0 Å². The number of ether oxygens (including phenoxy) is 2. The molecule has 2 aliphatic rings. The van der Waals surface area contributed by atoms with E-state index in [1.54, 1.807) is 27.7 Å². The van der Waals surface area contributed by atoms with Gasteiger partial charge in [-0.05, 0) is 59.1 Å². The Kier molecular flexibility index (Phi) is 8.71. The normalized spacial score (nSPS) is 17.4. The Morgan fingerprint density at radius 2 is 1.00 bits per heavy atom. The third-order valence-electron chi connectivity index (χ3n) is 8.15. The minimum absolute atomic E-state index is 0.0847. The molecule has 16 heteroatoms. The summed E-state index contributed by atoms with van der Waals surface area (Å²) < 4.78 is 10.2. The van der Waals surface area contributed by atoms with Gasteiger partial charge in [0.25, 0.3) is 11.8 Å². The standard InChI is InChI=1S/C29H34N6O10/c1-28(2)24(36)32(18-10-12-20(34(40)41)22(16-18)44-5)26(38)30(28)14-8-7-9-15-31-27(39)33(25(37)29(31,3)4)19-11-13-21(35(42)43)23(17-19)45-6/h10-13,16-17H,7-9,14-15H2,1-6H3. The summed E-state index contributed by atoms with van der Waals surface area (Å²) in [7, 11) is 2.51. The van der Waals surface area contributed by atoms with Crippen LogP contribution in [-0.4, -0.2) is 81.9 Å². The molecule has 0 saturated carbocycles. The number of hydrogen-bond acceptors (Lipinski definition) is 10. The van der Waals surface area contributed by atoms with Crippen LogP contribution in [-0.2, 0) is 9.59 Å². The fraction of sp³-hybridized carbons (Fsp3) is 0.448. The molecule has 0 N–H and O–H groups in total. The number of rotatable bonds is 12. The van der Waals surface area contributed by atoms with Crippen LogP contribution in [0.15, 0.2) is 36.4 Å². The molecule has 0 spiro atoms. The number of amides is 6. The monoisotopic (exact) mass is 626 g/mol. The molecule has 16 nitrogen and oxygen atoms in total. The zero-order chi connectivity index (χ0) is 33.4. The van der Waals surface area contributed by atoms with Gasteiger partial charge in [0.2, 0.25) is 0 Å². The molecule has 240 valence electrons. The van der Waals surface area contributed by atoms with E-state index in [4.69, 9.17) is 9.47 Å². The van der Waals surface area contributed by atoms with Crippen LogP contribution in [0.1, 0.15) is 47.0 Å². The molecular weight excluding hydrogens is 592 g/mol. The van der Waals surface area contributed by atoms with E-state index in [0.717, 1.165) is 9.80 Å². The Hall–Kier alpha value is -5.28. The maximum Gasteiger partial charge on any atom is 0.332 e. The van der Waals surface area contributed by atoms with Gasteiger partial charge in [-0.2, -0.15) is 0 Å². The van der Waals surface area contributed by atoms with Crippen LogP contribution in [0.5, 0.6) is 11.5 Å². The van der Waals surface area contributed by atoms with E-state index in [-0.39, 0.29) is 47.3 Å². The highest BCUT2D eigenvalue weighted by atomic mass is 16.6. The number of hydrogen-bond donors (Lipinski definition) is 0. The molecular formula is C29H34N6O10. The fourth-order valence-electron chi connectivity index (χ4n) is 5.51. The number of nitro groups is 2. The summed E-state index contributed by atoms with van der Waals surface area (Å²) in [5.74, 6) is -1.15. The molecule has 6 amide bonds. The molecule has 0 aromatic heterocycles. The average molecular weight is 627 g/mol. The van der Waals surface area contributed by atoms with Gasteiger partial charge in [0.15, 0.2) is 11.5 Å². The van der Waals surface area contributed by atoms with Gasteiger partial charge < -0.3 is 19.3 Å². The number of anilines is 2.